The second kappa shape index (κ2) is 6.43. The predicted molar refractivity (Wildman–Crippen MR) is 81.6 cm³/mol. The number of halogens is 1. The van der Waals surface area contributed by atoms with Gasteiger partial charge in [0.15, 0.2) is 5.82 Å². The maximum atomic E-state index is 12.9. The topological polar surface area (TPSA) is 128 Å². The van der Waals surface area contributed by atoms with Crippen LogP contribution < -0.4 is 5.32 Å². The first kappa shape index (κ1) is 16.8. The van der Waals surface area contributed by atoms with E-state index in [1.807, 2.05) is 0 Å². The predicted octanol–water partition coefficient (Wildman–Crippen LogP) is 1.58. The number of hydrogen-bond acceptors (Lipinski definition) is 8. The maximum absolute atomic E-state index is 12.9. The molecular formula is C14H11FN4O5S. The second-order valence-corrected chi connectivity index (χ2v) is 6.88. The van der Waals surface area contributed by atoms with Gasteiger partial charge >= 0.3 is 5.22 Å². The number of carbonyl (C=O) groups is 1. The standard InChI is InChI=1S/C14H11FN4O5S/c1-8-6-11(19-24-8)16-12(20)7-25(21,22)14-18-17-13(23-14)9-2-4-10(15)5-3-9/h2-6H,7H2,1H3,(H,16,19,20). The fourth-order valence-electron chi connectivity index (χ4n) is 1.88. The monoisotopic (exact) mass is 366 g/mol. The molecule has 0 saturated heterocycles. The summed E-state index contributed by atoms with van der Waals surface area (Å²) >= 11 is 0. The van der Waals surface area contributed by atoms with E-state index >= 15 is 0 Å². The number of benzene rings is 1. The molecule has 1 N–H and O–H groups in total. The van der Waals surface area contributed by atoms with Crippen LogP contribution in [0.15, 0.2) is 44.5 Å². The third-order valence-corrected chi connectivity index (χ3v) is 4.32. The first-order chi connectivity index (χ1) is 11.8. The molecule has 0 radical (unpaired) electrons. The van der Waals surface area contributed by atoms with E-state index in [0.717, 1.165) is 0 Å². The van der Waals surface area contributed by atoms with Crippen LogP contribution in [0, 0.1) is 12.7 Å². The highest BCUT2D eigenvalue weighted by atomic mass is 32.2. The molecule has 0 fully saturated rings. The molecule has 0 saturated carbocycles. The quantitative estimate of drug-likeness (QED) is 0.721. The lowest BCUT2D eigenvalue weighted by Gasteiger charge is -2.00. The largest absolute Gasteiger partial charge is 0.408 e. The summed E-state index contributed by atoms with van der Waals surface area (Å²) in [6, 6.07) is 6.49. The number of nitrogens with one attached hydrogen (secondary N) is 1. The molecule has 0 unspecified atom stereocenters. The molecule has 0 aliphatic rings. The van der Waals surface area contributed by atoms with Gasteiger partial charge in [0, 0.05) is 11.6 Å². The van der Waals surface area contributed by atoms with Crippen molar-refractivity contribution in [3.8, 4) is 11.5 Å². The SMILES string of the molecule is Cc1cc(NC(=O)CS(=O)(=O)c2nnc(-c3ccc(F)cc3)o2)no1. The Morgan fingerprint density at radius 2 is 1.96 bits per heavy atom. The maximum Gasteiger partial charge on any atom is 0.336 e. The zero-order valence-corrected chi connectivity index (χ0v) is 13.6. The van der Waals surface area contributed by atoms with E-state index in [-0.39, 0.29) is 11.7 Å². The number of carbonyl (C=O) groups excluding carboxylic acids is 1. The molecule has 25 heavy (non-hydrogen) atoms. The van der Waals surface area contributed by atoms with Crippen molar-refractivity contribution in [1.29, 1.82) is 0 Å². The van der Waals surface area contributed by atoms with Crippen LogP contribution in [0.4, 0.5) is 10.2 Å². The first-order valence-corrected chi connectivity index (χ1v) is 8.54. The van der Waals surface area contributed by atoms with E-state index in [1.54, 1.807) is 6.92 Å². The molecule has 3 rings (SSSR count). The second-order valence-electron chi connectivity index (χ2n) is 5.01. The van der Waals surface area contributed by atoms with Crippen LogP contribution in [0.25, 0.3) is 11.5 Å². The number of aryl methyl sites for hydroxylation is 1. The van der Waals surface area contributed by atoms with E-state index in [2.05, 4.69) is 20.7 Å². The smallest absolute Gasteiger partial charge is 0.336 e. The van der Waals surface area contributed by atoms with Gasteiger partial charge in [0.25, 0.3) is 0 Å². The summed E-state index contributed by atoms with van der Waals surface area (Å²) in [7, 11) is -4.15. The summed E-state index contributed by atoms with van der Waals surface area (Å²) in [5, 5.41) is 12.1. The molecular weight excluding hydrogens is 355 g/mol. The Morgan fingerprint density at radius 1 is 1.24 bits per heavy atom. The van der Waals surface area contributed by atoms with Crippen LogP contribution in [-0.4, -0.2) is 35.4 Å². The lowest BCUT2D eigenvalue weighted by molar-refractivity contribution is -0.113. The van der Waals surface area contributed by atoms with Gasteiger partial charge in [-0.15, -0.1) is 5.10 Å². The number of rotatable bonds is 5. The molecule has 0 spiro atoms. The molecule has 0 aliphatic carbocycles. The Kier molecular flexibility index (Phi) is 4.31. The minimum Gasteiger partial charge on any atom is -0.408 e. The molecule has 0 bridgehead atoms. The van der Waals surface area contributed by atoms with Gasteiger partial charge in [0.05, 0.1) is 0 Å². The average Bonchev–Trinajstić information content (AvgIpc) is 3.17. The Hall–Kier alpha value is -3.08. The first-order valence-electron chi connectivity index (χ1n) is 6.89. The summed E-state index contributed by atoms with van der Waals surface area (Å²) in [6.45, 7) is 1.62. The molecule has 2 aromatic heterocycles. The van der Waals surface area contributed by atoms with Crippen molar-refractivity contribution < 1.29 is 26.5 Å². The lowest BCUT2D eigenvalue weighted by atomic mass is 10.2. The highest BCUT2D eigenvalue weighted by molar-refractivity contribution is 7.91. The Labute approximate surface area is 140 Å². The van der Waals surface area contributed by atoms with Crippen molar-refractivity contribution >= 4 is 21.6 Å². The highest BCUT2D eigenvalue weighted by Gasteiger charge is 2.26. The zero-order chi connectivity index (χ0) is 18.0. The van der Waals surface area contributed by atoms with Gasteiger partial charge in [0.1, 0.15) is 17.3 Å². The van der Waals surface area contributed by atoms with E-state index in [1.165, 1.54) is 30.3 Å². The number of anilines is 1. The van der Waals surface area contributed by atoms with Crippen molar-refractivity contribution in [2.24, 2.45) is 0 Å². The van der Waals surface area contributed by atoms with Crippen molar-refractivity contribution in [2.75, 3.05) is 11.1 Å². The van der Waals surface area contributed by atoms with Gasteiger partial charge in [-0.1, -0.05) is 10.3 Å². The molecule has 0 aliphatic heterocycles. The van der Waals surface area contributed by atoms with Gasteiger partial charge in [-0.2, -0.15) is 0 Å². The number of nitrogens with zero attached hydrogens (tertiary/aromatic N) is 3. The average molecular weight is 366 g/mol. The summed E-state index contributed by atoms with van der Waals surface area (Å²) in [5.74, 6) is -1.77. The Bertz CT molecular complexity index is 1010. The van der Waals surface area contributed by atoms with E-state index in [9.17, 15) is 17.6 Å². The molecule has 1 amide bonds. The number of sulfone groups is 1. The van der Waals surface area contributed by atoms with Crippen LogP contribution in [0.3, 0.4) is 0 Å². The number of amides is 1. The van der Waals surface area contributed by atoms with Crippen LogP contribution in [-0.2, 0) is 14.6 Å². The molecule has 3 aromatic rings. The van der Waals surface area contributed by atoms with Gasteiger partial charge in [0.2, 0.25) is 21.6 Å². The van der Waals surface area contributed by atoms with Gasteiger partial charge in [-0.3, -0.25) is 4.79 Å². The van der Waals surface area contributed by atoms with Crippen LogP contribution in [0.5, 0.6) is 0 Å². The van der Waals surface area contributed by atoms with Gasteiger partial charge in [-0.25, -0.2) is 12.8 Å². The van der Waals surface area contributed by atoms with Crippen LogP contribution in [0.2, 0.25) is 0 Å². The Balaban J connectivity index is 1.74. The van der Waals surface area contributed by atoms with Crippen molar-refractivity contribution in [3.05, 3.63) is 41.9 Å². The third-order valence-electron chi connectivity index (χ3n) is 2.98. The highest BCUT2D eigenvalue weighted by Crippen LogP contribution is 2.20. The summed E-state index contributed by atoms with van der Waals surface area (Å²) in [4.78, 5) is 11.8. The van der Waals surface area contributed by atoms with E-state index in [0.29, 0.717) is 11.3 Å². The molecule has 0 atom stereocenters. The number of aromatic nitrogens is 3. The summed E-state index contributed by atoms with van der Waals surface area (Å²) in [6.07, 6.45) is 0. The van der Waals surface area contributed by atoms with Gasteiger partial charge < -0.3 is 14.3 Å². The minimum absolute atomic E-state index is 0.0928. The fourth-order valence-corrected chi connectivity index (χ4v) is 2.80. The molecule has 2 heterocycles. The van der Waals surface area contributed by atoms with Crippen LogP contribution in [0.1, 0.15) is 5.76 Å². The summed E-state index contributed by atoms with van der Waals surface area (Å²) in [5.41, 5.74) is 0.345. The number of hydrogen-bond donors (Lipinski definition) is 1. The van der Waals surface area contributed by atoms with Crippen molar-refractivity contribution in [3.63, 3.8) is 0 Å². The normalized spacial score (nSPS) is 11.4. The van der Waals surface area contributed by atoms with Gasteiger partial charge in [-0.05, 0) is 31.2 Å². The van der Waals surface area contributed by atoms with Crippen LogP contribution >= 0.6 is 0 Å². The molecule has 11 heteroatoms. The molecule has 9 nitrogen and oxygen atoms in total. The molecule has 130 valence electrons. The Morgan fingerprint density at radius 3 is 2.60 bits per heavy atom. The van der Waals surface area contributed by atoms with Crippen molar-refractivity contribution in [2.45, 2.75) is 12.1 Å². The van der Waals surface area contributed by atoms with E-state index in [4.69, 9.17) is 8.94 Å². The van der Waals surface area contributed by atoms with Crippen molar-refractivity contribution in [1.82, 2.24) is 15.4 Å². The minimum atomic E-state index is -4.15. The van der Waals surface area contributed by atoms with E-state index < -0.39 is 32.5 Å². The molecule has 1 aromatic carbocycles. The summed E-state index contributed by atoms with van der Waals surface area (Å²) < 4.78 is 47.1. The fraction of sp³-hybridized carbons (Fsp3) is 0.143. The lowest BCUT2D eigenvalue weighted by Crippen LogP contribution is -2.23. The third kappa shape index (κ3) is 3.88. The zero-order valence-electron chi connectivity index (χ0n) is 12.8.